The van der Waals surface area contributed by atoms with Crippen LogP contribution in [0.5, 0.6) is 5.75 Å². The van der Waals surface area contributed by atoms with Crippen LogP contribution in [0.15, 0.2) is 18.2 Å². The zero-order chi connectivity index (χ0) is 13.3. The van der Waals surface area contributed by atoms with Crippen LogP contribution >= 0.6 is 11.3 Å². The monoisotopic (exact) mass is 265 g/mol. The summed E-state index contributed by atoms with van der Waals surface area (Å²) in [6, 6.07) is 4.19. The van der Waals surface area contributed by atoms with Crippen LogP contribution in [-0.4, -0.2) is 17.9 Å². The van der Waals surface area contributed by atoms with Crippen LogP contribution < -0.4 is 4.74 Å². The van der Waals surface area contributed by atoms with Crippen LogP contribution in [0.25, 0.3) is 0 Å². The molecule has 0 unspecified atom stereocenters. The van der Waals surface area contributed by atoms with Crippen molar-refractivity contribution in [2.75, 3.05) is 7.11 Å². The Labute approximate surface area is 108 Å². The molecular formula is C13H12FNO2S. The van der Waals surface area contributed by atoms with E-state index >= 15 is 0 Å². The van der Waals surface area contributed by atoms with E-state index in [-0.39, 0.29) is 11.5 Å². The third kappa shape index (κ3) is 2.26. The molecule has 0 aliphatic heterocycles. The first kappa shape index (κ1) is 12.7. The molecule has 0 atom stereocenters. The molecule has 0 aliphatic carbocycles. The van der Waals surface area contributed by atoms with Gasteiger partial charge in [0.1, 0.15) is 0 Å². The molecule has 0 N–H and O–H groups in total. The highest BCUT2D eigenvalue weighted by Gasteiger charge is 2.17. The van der Waals surface area contributed by atoms with Gasteiger partial charge in [0.2, 0.25) is 5.78 Å². The number of rotatable bonds is 3. The number of aromatic nitrogens is 1. The van der Waals surface area contributed by atoms with Crippen molar-refractivity contribution in [3.8, 4) is 5.75 Å². The molecule has 0 fully saturated rings. The van der Waals surface area contributed by atoms with Crippen molar-refractivity contribution in [3.05, 3.63) is 45.2 Å². The minimum atomic E-state index is -0.540. The second-order valence-electron chi connectivity index (χ2n) is 3.83. The Balaban J connectivity index is 2.40. The second-order valence-corrected chi connectivity index (χ2v) is 5.03. The molecule has 1 aromatic heterocycles. The van der Waals surface area contributed by atoms with Gasteiger partial charge in [0.15, 0.2) is 11.6 Å². The highest BCUT2D eigenvalue weighted by Crippen LogP contribution is 2.24. The molecule has 0 spiro atoms. The summed E-state index contributed by atoms with van der Waals surface area (Å²) < 4.78 is 18.4. The highest BCUT2D eigenvalue weighted by atomic mass is 32.1. The van der Waals surface area contributed by atoms with E-state index in [0.717, 1.165) is 5.01 Å². The Bertz CT molecular complexity index is 607. The quantitative estimate of drug-likeness (QED) is 0.800. The van der Waals surface area contributed by atoms with E-state index in [1.165, 1.54) is 30.6 Å². The van der Waals surface area contributed by atoms with Gasteiger partial charge < -0.3 is 4.74 Å². The Morgan fingerprint density at radius 1 is 1.39 bits per heavy atom. The highest BCUT2D eigenvalue weighted by molar-refractivity contribution is 7.14. The SMILES string of the molecule is COc1ccc(C(=O)c2sc(C)nc2C)cc1F. The maximum absolute atomic E-state index is 13.5. The smallest absolute Gasteiger partial charge is 0.204 e. The molecule has 0 aliphatic rings. The molecule has 5 heteroatoms. The topological polar surface area (TPSA) is 39.2 Å². The molecule has 0 radical (unpaired) electrons. The second kappa shape index (κ2) is 4.86. The Morgan fingerprint density at radius 3 is 2.61 bits per heavy atom. The lowest BCUT2D eigenvalue weighted by Crippen LogP contribution is -2.02. The summed E-state index contributed by atoms with van der Waals surface area (Å²) in [4.78, 5) is 16.9. The van der Waals surface area contributed by atoms with Crippen molar-refractivity contribution in [3.63, 3.8) is 0 Å². The molecule has 0 saturated carbocycles. The number of ketones is 1. The number of hydrogen-bond acceptors (Lipinski definition) is 4. The molecule has 0 bridgehead atoms. The minimum Gasteiger partial charge on any atom is -0.494 e. The van der Waals surface area contributed by atoms with Gasteiger partial charge in [-0.05, 0) is 32.0 Å². The van der Waals surface area contributed by atoms with E-state index in [1.807, 2.05) is 6.92 Å². The Hall–Kier alpha value is -1.75. The third-order valence-corrected chi connectivity index (χ3v) is 3.60. The summed E-state index contributed by atoms with van der Waals surface area (Å²) in [5.41, 5.74) is 0.985. The van der Waals surface area contributed by atoms with Crippen LogP contribution in [0.4, 0.5) is 4.39 Å². The van der Waals surface area contributed by atoms with E-state index < -0.39 is 5.82 Å². The van der Waals surface area contributed by atoms with E-state index in [1.54, 1.807) is 13.0 Å². The standard InChI is InChI=1S/C13H12FNO2S/c1-7-13(18-8(2)15-7)12(16)9-4-5-11(17-3)10(14)6-9/h4-6H,1-3H3. The van der Waals surface area contributed by atoms with Gasteiger partial charge in [0.25, 0.3) is 0 Å². The number of benzene rings is 1. The van der Waals surface area contributed by atoms with E-state index in [0.29, 0.717) is 16.1 Å². The fourth-order valence-corrected chi connectivity index (χ4v) is 2.56. The molecular weight excluding hydrogens is 253 g/mol. The van der Waals surface area contributed by atoms with Crippen LogP contribution in [0.2, 0.25) is 0 Å². The number of aryl methyl sites for hydroxylation is 2. The average Bonchev–Trinajstić information content (AvgIpc) is 2.67. The van der Waals surface area contributed by atoms with E-state index in [9.17, 15) is 9.18 Å². The number of thiazole rings is 1. The largest absolute Gasteiger partial charge is 0.494 e. The number of ether oxygens (including phenoxy) is 1. The maximum atomic E-state index is 13.5. The lowest BCUT2D eigenvalue weighted by Gasteiger charge is -2.03. The molecule has 0 saturated heterocycles. The van der Waals surface area contributed by atoms with Gasteiger partial charge >= 0.3 is 0 Å². The fourth-order valence-electron chi connectivity index (χ4n) is 1.68. The number of nitrogens with zero attached hydrogens (tertiary/aromatic N) is 1. The molecule has 0 amide bonds. The summed E-state index contributed by atoms with van der Waals surface area (Å²) in [5.74, 6) is -0.620. The van der Waals surface area contributed by atoms with Gasteiger partial charge in [-0.3, -0.25) is 4.79 Å². The van der Waals surface area contributed by atoms with Crippen molar-refractivity contribution in [1.82, 2.24) is 4.98 Å². The Kier molecular flexibility index (Phi) is 3.43. The van der Waals surface area contributed by atoms with Gasteiger partial charge in [-0.1, -0.05) is 0 Å². The number of methoxy groups -OCH3 is 1. The number of halogens is 1. The van der Waals surface area contributed by atoms with Gasteiger partial charge in [-0.15, -0.1) is 11.3 Å². The predicted molar refractivity (Wildman–Crippen MR) is 68.0 cm³/mol. The zero-order valence-corrected chi connectivity index (χ0v) is 11.1. The minimum absolute atomic E-state index is 0.128. The number of carbonyl (C=O) groups excluding carboxylic acids is 1. The molecule has 2 aromatic rings. The molecule has 2 rings (SSSR count). The van der Waals surface area contributed by atoms with E-state index in [4.69, 9.17) is 4.74 Å². The lowest BCUT2D eigenvalue weighted by molar-refractivity contribution is 0.104. The van der Waals surface area contributed by atoms with Crippen molar-refractivity contribution < 1.29 is 13.9 Å². The van der Waals surface area contributed by atoms with Gasteiger partial charge in [0, 0.05) is 5.56 Å². The first-order chi connectivity index (χ1) is 8.52. The van der Waals surface area contributed by atoms with Crippen molar-refractivity contribution in [2.45, 2.75) is 13.8 Å². The lowest BCUT2D eigenvalue weighted by atomic mass is 10.1. The molecule has 94 valence electrons. The van der Waals surface area contributed by atoms with Crippen molar-refractivity contribution in [1.29, 1.82) is 0 Å². The molecule has 1 heterocycles. The third-order valence-electron chi connectivity index (χ3n) is 2.52. The number of carbonyl (C=O) groups is 1. The summed E-state index contributed by atoms with van der Waals surface area (Å²) in [6.07, 6.45) is 0. The summed E-state index contributed by atoms with van der Waals surface area (Å²) in [5, 5.41) is 0.824. The van der Waals surface area contributed by atoms with Gasteiger partial charge in [0.05, 0.1) is 22.7 Å². The molecule has 18 heavy (non-hydrogen) atoms. The predicted octanol–water partition coefficient (Wildman–Crippen LogP) is 3.14. The van der Waals surface area contributed by atoms with Gasteiger partial charge in [-0.25, -0.2) is 9.37 Å². The van der Waals surface area contributed by atoms with Crippen molar-refractivity contribution in [2.24, 2.45) is 0 Å². The zero-order valence-electron chi connectivity index (χ0n) is 10.3. The van der Waals surface area contributed by atoms with Crippen LogP contribution in [0.3, 0.4) is 0 Å². The first-order valence-electron chi connectivity index (χ1n) is 5.35. The van der Waals surface area contributed by atoms with Crippen molar-refractivity contribution >= 4 is 17.1 Å². The Morgan fingerprint density at radius 2 is 2.11 bits per heavy atom. The molecule has 3 nitrogen and oxygen atoms in total. The summed E-state index contributed by atoms with van der Waals surface area (Å²) >= 11 is 1.32. The molecule has 1 aromatic carbocycles. The van der Waals surface area contributed by atoms with Crippen LogP contribution in [0.1, 0.15) is 25.9 Å². The fraction of sp³-hybridized carbons (Fsp3) is 0.231. The average molecular weight is 265 g/mol. The summed E-state index contributed by atoms with van der Waals surface area (Å²) in [6.45, 7) is 3.61. The van der Waals surface area contributed by atoms with Crippen LogP contribution in [-0.2, 0) is 0 Å². The van der Waals surface area contributed by atoms with Gasteiger partial charge in [-0.2, -0.15) is 0 Å². The maximum Gasteiger partial charge on any atom is 0.204 e. The van der Waals surface area contributed by atoms with Crippen LogP contribution in [0, 0.1) is 19.7 Å². The van der Waals surface area contributed by atoms with E-state index in [2.05, 4.69) is 4.98 Å². The number of hydrogen-bond donors (Lipinski definition) is 0. The summed E-state index contributed by atoms with van der Waals surface area (Å²) in [7, 11) is 1.39. The first-order valence-corrected chi connectivity index (χ1v) is 6.17. The normalized spacial score (nSPS) is 10.4.